The van der Waals surface area contributed by atoms with Crippen LogP contribution in [-0.4, -0.2) is 39.7 Å². The molecule has 0 radical (unpaired) electrons. The molecule has 0 aliphatic carbocycles. The molecule has 0 aromatic carbocycles. The van der Waals surface area contributed by atoms with Gasteiger partial charge < -0.3 is 10.8 Å². The van der Waals surface area contributed by atoms with Crippen molar-refractivity contribution in [2.24, 2.45) is 5.73 Å². The van der Waals surface area contributed by atoms with Gasteiger partial charge >= 0.3 is 0 Å². The molecule has 0 amide bonds. The highest BCUT2D eigenvalue weighted by Crippen LogP contribution is 2.30. The van der Waals surface area contributed by atoms with Crippen LogP contribution in [-0.2, 0) is 0 Å². The lowest BCUT2D eigenvalue weighted by Crippen LogP contribution is -2.51. The molecule has 3 unspecified atom stereocenters. The van der Waals surface area contributed by atoms with Crippen LogP contribution in [0.3, 0.4) is 0 Å². The Hall–Kier alpha value is -0.970. The highest BCUT2D eigenvalue weighted by Gasteiger charge is 2.34. The van der Waals surface area contributed by atoms with E-state index in [4.69, 9.17) is 5.73 Å². The average molecular weight is 263 g/mol. The Bertz CT molecular complexity index is 394. The third-order valence-corrected chi connectivity index (χ3v) is 4.00. The van der Waals surface area contributed by atoms with Crippen molar-refractivity contribution in [2.45, 2.75) is 50.8 Å². The molecule has 2 rings (SSSR count). The van der Waals surface area contributed by atoms with E-state index in [0.29, 0.717) is 6.54 Å². The van der Waals surface area contributed by atoms with Crippen molar-refractivity contribution in [2.75, 3.05) is 13.1 Å². The minimum absolute atomic E-state index is 0.0677. The van der Waals surface area contributed by atoms with Gasteiger partial charge in [-0.1, -0.05) is 13.0 Å². The summed E-state index contributed by atoms with van der Waals surface area (Å²) in [6.07, 6.45) is 6.47. The maximum atomic E-state index is 10.3. The summed E-state index contributed by atoms with van der Waals surface area (Å²) in [5.74, 6) is 0. The maximum absolute atomic E-state index is 10.3. The molecule has 3 N–H and O–H groups in total. The molecule has 1 saturated heterocycles. The van der Waals surface area contributed by atoms with Crippen LogP contribution in [0.2, 0.25) is 0 Å². The lowest BCUT2D eigenvalue weighted by Gasteiger charge is -2.43. The number of nitrogens with zero attached hydrogens (tertiary/aromatic N) is 2. The van der Waals surface area contributed by atoms with Crippen LogP contribution in [0.4, 0.5) is 0 Å². The van der Waals surface area contributed by atoms with Crippen LogP contribution in [0.5, 0.6) is 0 Å². The first-order valence-corrected chi connectivity index (χ1v) is 7.15. The number of likely N-dealkylation sites (tertiary alicyclic amines) is 1. The van der Waals surface area contributed by atoms with Gasteiger partial charge in [0.1, 0.15) is 0 Å². The lowest BCUT2D eigenvalue weighted by atomic mass is 9.90. The van der Waals surface area contributed by atoms with Gasteiger partial charge in [-0.25, -0.2) is 0 Å². The monoisotopic (exact) mass is 263 g/mol. The van der Waals surface area contributed by atoms with Crippen molar-refractivity contribution in [3.8, 4) is 0 Å². The SMILES string of the molecule is CCC(N)C(c1cccnc1)N1CCCC(C)(O)C1. The fourth-order valence-electron chi connectivity index (χ4n) is 3.00. The van der Waals surface area contributed by atoms with E-state index in [1.807, 2.05) is 19.2 Å². The van der Waals surface area contributed by atoms with Crippen molar-refractivity contribution in [3.63, 3.8) is 0 Å². The molecule has 4 nitrogen and oxygen atoms in total. The predicted molar refractivity (Wildman–Crippen MR) is 76.7 cm³/mol. The second kappa shape index (κ2) is 5.99. The van der Waals surface area contributed by atoms with E-state index in [9.17, 15) is 5.11 Å². The summed E-state index contributed by atoms with van der Waals surface area (Å²) >= 11 is 0. The van der Waals surface area contributed by atoms with Gasteiger partial charge in [-0.15, -0.1) is 0 Å². The van der Waals surface area contributed by atoms with Crippen molar-refractivity contribution >= 4 is 0 Å². The number of rotatable bonds is 4. The van der Waals surface area contributed by atoms with E-state index in [0.717, 1.165) is 31.4 Å². The largest absolute Gasteiger partial charge is 0.389 e. The lowest BCUT2D eigenvalue weighted by molar-refractivity contribution is -0.0343. The Morgan fingerprint density at radius 3 is 2.95 bits per heavy atom. The van der Waals surface area contributed by atoms with Gasteiger partial charge in [-0.2, -0.15) is 0 Å². The number of aliphatic hydroxyl groups is 1. The van der Waals surface area contributed by atoms with E-state index in [2.05, 4.69) is 22.9 Å². The van der Waals surface area contributed by atoms with Gasteiger partial charge in [0.15, 0.2) is 0 Å². The summed E-state index contributed by atoms with van der Waals surface area (Å²) in [4.78, 5) is 6.52. The molecule has 0 saturated carbocycles. The van der Waals surface area contributed by atoms with Crippen LogP contribution in [0.25, 0.3) is 0 Å². The van der Waals surface area contributed by atoms with Gasteiger partial charge in [-0.05, 0) is 44.4 Å². The van der Waals surface area contributed by atoms with Gasteiger partial charge in [0.2, 0.25) is 0 Å². The Balaban J connectivity index is 2.23. The Kier molecular flexibility index (Phi) is 4.55. The first-order valence-electron chi connectivity index (χ1n) is 7.15. The maximum Gasteiger partial charge on any atom is 0.0746 e. The van der Waals surface area contributed by atoms with E-state index in [-0.39, 0.29) is 12.1 Å². The summed E-state index contributed by atoms with van der Waals surface area (Å²) in [6.45, 7) is 5.69. The number of nitrogens with two attached hydrogens (primary N) is 1. The molecule has 1 aliphatic heterocycles. The van der Waals surface area contributed by atoms with E-state index in [1.54, 1.807) is 6.20 Å². The van der Waals surface area contributed by atoms with Gasteiger partial charge in [0, 0.05) is 25.0 Å². The molecule has 106 valence electrons. The molecule has 3 atom stereocenters. The van der Waals surface area contributed by atoms with E-state index < -0.39 is 5.60 Å². The quantitative estimate of drug-likeness (QED) is 0.868. The molecule has 1 fully saturated rings. The van der Waals surface area contributed by atoms with Gasteiger partial charge in [0.05, 0.1) is 11.6 Å². The van der Waals surface area contributed by atoms with Crippen LogP contribution >= 0.6 is 0 Å². The standard InChI is InChI=1S/C15H25N3O/c1-3-13(16)14(12-6-4-8-17-10-12)18-9-5-7-15(2,19)11-18/h4,6,8,10,13-14,19H,3,5,7,9,11,16H2,1-2H3. The zero-order valence-corrected chi connectivity index (χ0v) is 11.9. The van der Waals surface area contributed by atoms with E-state index >= 15 is 0 Å². The summed E-state index contributed by atoms with van der Waals surface area (Å²) in [5, 5.41) is 10.3. The molecule has 2 heterocycles. The zero-order valence-electron chi connectivity index (χ0n) is 11.9. The number of β-amino-alcohol motifs (C(OH)–C–C–N with tert-alkyl or cyclic N) is 1. The highest BCUT2D eigenvalue weighted by atomic mass is 16.3. The molecule has 4 heteroatoms. The predicted octanol–water partition coefficient (Wildman–Crippen LogP) is 1.71. The normalized spacial score (nSPS) is 28.0. The minimum Gasteiger partial charge on any atom is -0.389 e. The van der Waals surface area contributed by atoms with E-state index in [1.165, 1.54) is 0 Å². The Morgan fingerprint density at radius 2 is 2.37 bits per heavy atom. The summed E-state index contributed by atoms with van der Waals surface area (Å²) in [6, 6.07) is 4.24. The average Bonchev–Trinajstić information content (AvgIpc) is 2.39. The first kappa shape index (κ1) is 14.4. The highest BCUT2D eigenvalue weighted by molar-refractivity contribution is 5.17. The topological polar surface area (TPSA) is 62.4 Å². The van der Waals surface area contributed by atoms with Gasteiger partial charge in [-0.3, -0.25) is 9.88 Å². The Labute approximate surface area is 115 Å². The second-order valence-corrected chi connectivity index (χ2v) is 5.87. The van der Waals surface area contributed by atoms with Crippen LogP contribution in [0, 0.1) is 0 Å². The number of hydrogen-bond acceptors (Lipinski definition) is 4. The zero-order chi connectivity index (χ0) is 13.9. The van der Waals surface area contributed by atoms with Crippen molar-refractivity contribution < 1.29 is 5.11 Å². The molecule has 1 aromatic heterocycles. The third-order valence-electron chi connectivity index (χ3n) is 4.00. The van der Waals surface area contributed by atoms with Gasteiger partial charge in [0.25, 0.3) is 0 Å². The fraction of sp³-hybridized carbons (Fsp3) is 0.667. The van der Waals surface area contributed by atoms with Crippen molar-refractivity contribution in [1.29, 1.82) is 0 Å². The molecular formula is C15H25N3O. The molecular weight excluding hydrogens is 238 g/mol. The number of aromatic nitrogens is 1. The van der Waals surface area contributed by atoms with Crippen LogP contribution in [0.15, 0.2) is 24.5 Å². The minimum atomic E-state index is -0.605. The second-order valence-electron chi connectivity index (χ2n) is 5.87. The van der Waals surface area contributed by atoms with Crippen LogP contribution < -0.4 is 5.73 Å². The third kappa shape index (κ3) is 3.53. The van der Waals surface area contributed by atoms with Crippen molar-refractivity contribution in [3.05, 3.63) is 30.1 Å². The molecule has 1 aliphatic rings. The summed E-state index contributed by atoms with van der Waals surface area (Å²) < 4.78 is 0. The number of hydrogen-bond donors (Lipinski definition) is 2. The summed E-state index contributed by atoms with van der Waals surface area (Å²) in [5.41, 5.74) is 6.86. The molecule has 0 bridgehead atoms. The number of pyridine rings is 1. The molecule has 1 aromatic rings. The molecule has 19 heavy (non-hydrogen) atoms. The first-order chi connectivity index (χ1) is 9.03. The fourth-order valence-corrected chi connectivity index (χ4v) is 3.00. The Morgan fingerprint density at radius 1 is 1.58 bits per heavy atom. The smallest absolute Gasteiger partial charge is 0.0746 e. The number of piperidine rings is 1. The van der Waals surface area contributed by atoms with Crippen LogP contribution in [0.1, 0.15) is 44.7 Å². The van der Waals surface area contributed by atoms with Crippen molar-refractivity contribution in [1.82, 2.24) is 9.88 Å². The summed E-state index contributed by atoms with van der Waals surface area (Å²) in [7, 11) is 0. The molecule has 0 spiro atoms.